The Kier molecular flexibility index (Phi) is 6.67. The first kappa shape index (κ1) is 31.0. The number of halogens is 1. The van der Waals surface area contributed by atoms with Gasteiger partial charge in [-0.05, 0) is 134 Å². The molecular formula is C37H42B2FNO6. The van der Waals surface area contributed by atoms with Crippen molar-refractivity contribution in [2.45, 2.75) is 110 Å². The highest BCUT2D eigenvalue weighted by atomic mass is 19.1. The lowest BCUT2D eigenvalue weighted by Crippen LogP contribution is -2.41. The van der Waals surface area contributed by atoms with Gasteiger partial charge in [0.05, 0.1) is 45.3 Å². The highest BCUT2D eigenvalue weighted by Crippen LogP contribution is 2.47. The van der Waals surface area contributed by atoms with Crippen LogP contribution in [0.4, 0.5) is 4.39 Å². The van der Waals surface area contributed by atoms with E-state index in [0.717, 1.165) is 51.8 Å². The number of hydrogen-bond acceptors (Lipinski definition) is 6. The molecule has 4 aliphatic rings. The first-order chi connectivity index (χ1) is 22.0. The SMILES string of the molecule is CC1CCc2cc(C3Oc4cc(B5OC(C)(C)C(C)(C)O5)cc(F)c4-c4cc5cc(B6OC(C)(C)C(C)(C)O6)ccc5n43)ccc2O1. The van der Waals surface area contributed by atoms with Crippen molar-refractivity contribution in [2.24, 2.45) is 0 Å². The molecule has 4 aliphatic heterocycles. The fourth-order valence-electron chi connectivity index (χ4n) is 6.97. The van der Waals surface area contributed by atoms with Crippen LogP contribution in [-0.4, -0.2) is 47.3 Å². The van der Waals surface area contributed by atoms with Crippen molar-refractivity contribution in [3.05, 3.63) is 71.5 Å². The molecule has 2 fully saturated rings. The zero-order valence-corrected chi connectivity index (χ0v) is 28.7. The van der Waals surface area contributed by atoms with Gasteiger partial charge in [-0.15, -0.1) is 0 Å². The van der Waals surface area contributed by atoms with Crippen LogP contribution < -0.4 is 20.4 Å². The average Bonchev–Trinajstić information content (AvgIpc) is 3.55. The molecule has 3 aromatic carbocycles. The van der Waals surface area contributed by atoms with Gasteiger partial charge in [0.25, 0.3) is 0 Å². The Morgan fingerprint density at radius 2 is 1.34 bits per heavy atom. The lowest BCUT2D eigenvalue weighted by molar-refractivity contribution is 0.00578. The minimum Gasteiger partial charge on any atom is -0.490 e. The maximum Gasteiger partial charge on any atom is 0.495 e. The smallest absolute Gasteiger partial charge is 0.490 e. The molecule has 0 bridgehead atoms. The van der Waals surface area contributed by atoms with Crippen molar-refractivity contribution in [2.75, 3.05) is 0 Å². The number of fused-ring (bicyclic) bond motifs is 6. The van der Waals surface area contributed by atoms with Gasteiger partial charge in [0.15, 0.2) is 0 Å². The van der Waals surface area contributed by atoms with Crippen LogP contribution in [0.3, 0.4) is 0 Å². The second-order valence-corrected chi connectivity index (χ2v) is 15.6. The normalized spacial score (nSPS) is 24.8. The molecule has 244 valence electrons. The third-order valence-electron chi connectivity index (χ3n) is 11.2. The fourth-order valence-corrected chi connectivity index (χ4v) is 6.97. The van der Waals surface area contributed by atoms with Gasteiger partial charge in [0.1, 0.15) is 17.3 Å². The van der Waals surface area contributed by atoms with E-state index in [1.165, 1.54) is 6.07 Å². The van der Waals surface area contributed by atoms with Crippen LogP contribution in [0.1, 0.15) is 86.1 Å². The van der Waals surface area contributed by atoms with Crippen LogP contribution in [0.2, 0.25) is 0 Å². The molecule has 47 heavy (non-hydrogen) atoms. The van der Waals surface area contributed by atoms with Gasteiger partial charge in [-0.3, -0.25) is 0 Å². The zero-order chi connectivity index (χ0) is 33.3. The molecule has 0 N–H and O–H groups in total. The number of benzene rings is 3. The summed E-state index contributed by atoms with van der Waals surface area (Å²) in [7, 11) is -1.23. The molecule has 2 atom stereocenters. The molecular weight excluding hydrogens is 595 g/mol. The molecule has 2 unspecified atom stereocenters. The summed E-state index contributed by atoms with van der Waals surface area (Å²) in [4.78, 5) is 0. The van der Waals surface area contributed by atoms with E-state index in [9.17, 15) is 0 Å². The van der Waals surface area contributed by atoms with Crippen LogP contribution in [0.15, 0.2) is 54.6 Å². The van der Waals surface area contributed by atoms with Gasteiger partial charge in [-0.1, -0.05) is 12.1 Å². The lowest BCUT2D eigenvalue weighted by atomic mass is 9.78. The lowest BCUT2D eigenvalue weighted by Gasteiger charge is -2.32. The molecule has 0 spiro atoms. The predicted molar refractivity (Wildman–Crippen MR) is 182 cm³/mol. The monoisotopic (exact) mass is 637 g/mol. The first-order valence-corrected chi connectivity index (χ1v) is 16.7. The summed E-state index contributed by atoms with van der Waals surface area (Å²) in [6.45, 7) is 18.3. The van der Waals surface area contributed by atoms with Gasteiger partial charge in [0, 0.05) is 10.9 Å². The molecule has 0 saturated carbocycles. The molecule has 4 aromatic rings. The molecule has 0 aliphatic carbocycles. The maximum absolute atomic E-state index is 16.4. The zero-order valence-electron chi connectivity index (χ0n) is 28.7. The summed E-state index contributed by atoms with van der Waals surface area (Å²) in [6, 6.07) is 17.8. The average molecular weight is 637 g/mol. The van der Waals surface area contributed by atoms with Gasteiger partial charge in [0.2, 0.25) is 6.23 Å². The van der Waals surface area contributed by atoms with Crippen molar-refractivity contribution in [3.63, 3.8) is 0 Å². The number of nitrogens with zero attached hydrogens (tertiary/aromatic N) is 1. The van der Waals surface area contributed by atoms with Crippen molar-refractivity contribution in [1.29, 1.82) is 0 Å². The standard InChI is InChI=1S/C37H42B2FNO6/c1-21-10-11-22-16-23(12-15-30(22)42-21)33-41-28-14-13-25(38-44-34(2,3)35(4,5)45-38)17-24(28)18-29(41)32-27(40)19-26(20-31(32)43-33)39-46-36(6,7)37(8,9)47-39/h12-21,33H,10-11H2,1-9H3. The summed E-state index contributed by atoms with van der Waals surface area (Å²) < 4.78 is 56.8. The van der Waals surface area contributed by atoms with E-state index < -0.39 is 48.7 Å². The van der Waals surface area contributed by atoms with Gasteiger partial charge < -0.3 is 32.7 Å². The molecule has 10 heteroatoms. The molecule has 0 amide bonds. The highest BCUT2D eigenvalue weighted by Gasteiger charge is 2.53. The number of aromatic nitrogens is 1. The number of rotatable bonds is 3. The van der Waals surface area contributed by atoms with E-state index in [0.29, 0.717) is 16.8 Å². The van der Waals surface area contributed by atoms with Crippen LogP contribution in [0.5, 0.6) is 11.5 Å². The molecule has 1 aromatic heterocycles. The van der Waals surface area contributed by atoms with Crippen molar-refractivity contribution >= 4 is 36.1 Å². The predicted octanol–water partition coefficient (Wildman–Crippen LogP) is 6.70. The number of aryl methyl sites for hydroxylation is 1. The Balaban J connectivity index is 1.26. The minimum atomic E-state index is -0.722. The van der Waals surface area contributed by atoms with Crippen LogP contribution >= 0.6 is 0 Å². The molecule has 2 saturated heterocycles. The third-order valence-corrected chi connectivity index (χ3v) is 11.2. The Bertz CT molecular complexity index is 1900. The Labute approximate surface area is 276 Å². The van der Waals surface area contributed by atoms with Crippen molar-refractivity contribution < 1.29 is 32.5 Å². The topological polar surface area (TPSA) is 60.3 Å². The van der Waals surface area contributed by atoms with Crippen LogP contribution in [0, 0.1) is 5.82 Å². The highest BCUT2D eigenvalue weighted by molar-refractivity contribution is 6.62. The summed E-state index contributed by atoms with van der Waals surface area (Å²) in [5.74, 6) is 0.958. The van der Waals surface area contributed by atoms with Crippen molar-refractivity contribution in [3.8, 4) is 22.8 Å². The van der Waals surface area contributed by atoms with Crippen LogP contribution in [-0.2, 0) is 25.0 Å². The van der Waals surface area contributed by atoms with E-state index in [2.05, 4.69) is 35.8 Å². The van der Waals surface area contributed by atoms with Gasteiger partial charge in [-0.25, -0.2) is 4.39 Å². The molecule has 8 rings (SSSR count). The van der Waals surface area contributed by atoms with Gasteiger partial charge in [-0.2, -0.15) is 0 Å². The summed E-state index contributed by atoms with van der Waals surface area (Å²) in [5, 5.41) is 0.943. The number of ether oxygens (including phenoxy) is 2. The van der Waals surface area contributed by atoms with Gasteiger partial charge >= 0.3 is 14.2 Å². The largest absolute Gasteiger partial charge is 0.495 e. The first-order valence-electron chi connectivity index (χ1n) is 16.7. The Morgan fingerprint density at radius 3 is 2.00 bits per heavy atom. The summed E-state index contributed by atoms with van der Waals surface area (Å²) >= 11 is 0. The van der Waals surface area contributed by atoms with E-state index in [1.807, 2.05) is 79.7 Å². The Morgan fingerprint density at radius 1 is 0.702 bits per heavy atom. The van der Waals surface area contributed by atoms with E-state index >= 15 is 4.39 Å². The van der Waals surface area contributed by atoms with E-state index in [4.69, 9.17) is 28.1 Å². The minimum absolute atomic E-state index is 0.181. The molecule has 5 heterocycles. The maximum atomic E-state index is 16.4. The van der Waals surface area contributed by atoms with Crippen LogP contribution in [0.25, 0.3) is 22.2 Å². The summed E-state index contributed by atoms with van der Waals surface area (Å²) in [6.07, 6.45) is 1.51. The second kappa shape index (κ2) is 10.1. The third kappa shape index (κ3) is 4.78. The molecule has 7 nitrogen and oxygen atoms in total. The molecule has 0 radical (unpaired) electrons. The quantitative estimate of drug-likeness (QED) is 0.233. The van der Waals surface area contributed by atoms with E-state index in [-0.39, 0.29) is 6.10 Å². The number of hydrogen-bond donors (Lipinski definition) is 0. The second-order valence-electron chi connectivity index (χ2n) is 15.6. The fraction of sp³-hybridized carbons (Fsp3) is 0.459. The Hall–Kier alpha value is -3.30. The van der Waals surface area contributed by atoms with E-state index in [1.54, 1.807) is 0 Å². The summed E-state index contributed by atoms with van der Waals surface area (Å²) in [5.41, 5.74) is 3.63. The van der Waals surface area contributed by atoms with Crippen molar-refractivity contribution in [1.82, 2.24) is 4.57 Å².